The second kappa shape index (κ2) is 7.87. The minimum absolute atomic E-state index is 0.0677. The van der Waals surface area contributed by atoms with Crippen LogP contribution in [0.2, 0.25) is 0 Å². The third-order valence-electron chi connectivity index (χ3n) is 3.40. The van der Waals surface area contributed by atoms with Gasteiger partial charge in [0.15, 0.2) is 5.13 Å². The van der Waals surface area contributed by atoms with Crippen molar-refractivity contribution in [3.05, 3.63) is 69.6 Å². The van der Waals surface area contributed by atoms with E-state index < -0.39 is 17.4 Å². The van der Waals surface area contributed by atoms with Gasteiger partial charge in [-0.2, -0.15) is 8.78 Å². The van der Waals surface area contributed by atoms with Gasteiger partial charge in [0.1, 0.15) is 5.75 Å². The number of benzene rings is 2. The smallest absolute Gasteiger partial charge is 0.387 e. The number of non-ortho nitro benzene ring substituents is 1. The molecule has 0 aliphatic carbocycles. The highest BCUT2D eigenvalue weighted by molar-refractivity contribution is 7.14. The molecule has 0 radical (unpaired) electrons. The second-order valence-electron chi connectivity index (χ2n) is 5.21. The summed E-state index contributed by atoms with van der Waals surface area (Å²) in [6.45, 7) is -2.99. The predicted molar refractivity (Wildman–Crippen MR) is 95.2 cm³/mol. The van der Waals surface area contributed by atoms with Crippen LogP contribution in [0.5, 0.6) is 5.75 Å². The number of nitrogens with one attached hydrogen (secondary N) is 1. The molecule has 1 aromatic heterocycles. The van der Waals surface area contributed by atoms with Crippen molar-refractivity contribution in [1.29, 1.82) is 0 Å². The maximum absolute atomic E-state index is 12.3. The summed E-state index contributed by atoms with van der Waals surface area (Å²) in [6.07, 6.45) is 0. The average molecular weight is 391 g/mol. The quantitative estimate of drug-likeness (QED) is 0.491. The van der Waals surface area contributed by atoms with Crippen molar-refractivity contribution in [2.45, 2.75) is 6.61 Å². The van der Waals surface area contributed by atoms with Gasteiger partial charge in [0.25, 0.3) is 11.6 Å². The molecule has 2 aromatic carbocycles. The number of thiazole rings is 1. The van der Waals surface area contributed by atoms with E-state index in [4.69, 9.17) is 0 Å². The molecule has 0 aliphatic rings. The number of alkyl halides is 2. The van der Waals surface area contributed by atoms with Crippen LogP contribution in [0.25, 0.3) is 11.3 Å². The summed E-state index contributed by atoms with van der Waals surface area (Å²) in [4.78, 5) is 26.8. The van der Waals surface area contributed by atoms with E-state index in [1.54, 1.807) is 17.5 Å². The fourth-order valence-corrected chi connectivity index (χ4v) is 2.94. The van der Waals surface area contributed by atoms with Gasteiger partial charge in [-0.1, -0.05) is 18.2 Å². The largest absolute Gasteiger partial charge is 0.435 e. The third kappa shape index (κ3) is 4.61. The Morgan fingerprint density at radius 3 is 2.74 bits per heavy atom. The number of nitrogens with zero attached hydrogens (tertiary/aromatic N) is 2. The molecule has 1 N–H and O–H groups in total. The lowest BCUT2D eigenvalue weighted by molar-refractivity contribution is -0.384. The van der Waals surface area contributed by atoms with E-state index in [0.717, 1.165) is 11.3 Å². The van der Waals surface area contributed by atoms with E-state index in [0.29, 0.717) is 11.3 Å². The summed E-state index contributed by atoms with van der Waals surface area (Å²) in [5, 5.41) is 15.3. The first-order valence-corrected chi connectivity index (χ1v) is 8.37. The van der Waals surface area contributed by atoms with E-state index in [-0.39, 0.29) is 22.1 Å². The number of carbonyl (C=O) groups is 1. The minimum Gasteiger partial charge on any atom is -0.435 e. The minimum atomic E-state index is -2.99. The third-order valence-corrected chi connectivity index (χ3v) is 4.16. The van der Waals surface area contributed by atoms with E-state index in [1.807, 2.05) is 0 Å². The summed E-state index contributed by atoms with van der Waals surface area (Å²) in [7, 11) is 0. The molecule has 27 heavy (non-hydrogen) atoms. The van der Waals surface area contributed by atoms with Gasteiger partial charge in [0.05, 0.1) is 10.6 Å². The SMILES string of the molecule is O=C(Nc1nc(-c2cccc([N+](=O)[O-])c2)cs1)c1cccc(OC(F)F)c1. The Kier molecular flexibility index (Phi) is 5.36. The zero-order valence-electron chi connectivity index (χ0n) is 13.5. The molecule has 7 nitrogen and oxygen atoms in total. The van der Waals surface area contributed by atoms with E-state index >= 15 is 0 Å². The molecule has 0 saturated heterocycles. The Morgan fingerprint density at radius 1 is 1.22 bits per heavy atom. The van der Waals surface area contributed by atoms with Gasteiger partial charge in [0, 0.05) is 28.6 Å². The average Bonchev–Trinajstić information content (AvgIpc) is 3.10. The van der Waals surface area contributed by atoms with Gasteiger partial charge in [-0.25, -0.2) is 4.98 Å². The summed E-state index contributed by atoms with van der Waals surface area (Å²) in [5.41, 5.74) is 1.06. The Labute approximate surface area is 155 Å². The van der Waals surface area contributed by atoms with Crippen molar-refractivity contribution in [3.63, 3.8) is 0 Å². The molecule has 138 valence electrons. The maximum atomic E-state index is 12.3. The van der Waals surface area contributed by atoms with Crippen LogP contribution in [0.1, 0.15) is 10.4 Å². The Hall–Kier alpha value is -3.40. The predicted octanol–water partition coefficient (Wildman–Crippen LogP) is 4.57. The molecular weight excluding hydrogens is 380 g/mol. The van der Waals surface area contributed by atoms with Crippen LogP contribution < -0.4 is 10.1 Å². The molecule has 0 fully saturated rings. The van der Waals surface area contributed by atoms with Crippen LogP contribution in [-0.2, 0) is 0 Å². The summed E-state index contributed by atoms with van der Waals surface area (Å²) in [5.74, 6) is -0.677. The number of hydrogen-bond acceptors (Lipinski definition) is 6. The number of carbonyl (C=O) groups excluding carboxylic acids is 1. The van der Waals surface area contributed by atoms with Crippen molar-refractivity contribution in [2.24, 2.45) is 0 Å². The number of aromatic nitrogens is 1. The van der Waals surface area contributed by atoms with Gasteiger partial charge in [-0.15, -0.1) is 11.3 Å². The molecule has 0 aliphatic heterocycles. The van der Waals surface area contributed by atoms with Crippen molar-refractivity contribution >= 4 is 28.1 Å². The number of rotatable bonds is 6. The van der Waals surface area contributed by atoms with Crippen molar-refractivity contribution in [2.75, 3.05) is 5.32 Å². The molecule has 0 saturated carbocycles. The topological polar surface area (TPSA) is 94.4 Å². The molecule has 10 heteroatoms. The Balaban J connectivity index is 1.75. The number of ether oxygens (including phenoxy) is 1. The maximum Gasteiger partial charge on any atom is 0.387 e. The zero-order chi connectivity index (χ0) is 19.4. The molecule has 3 rings (SSSR count). The molecule has 3 aromatic rings. The van der Waals surface area contributed by atoms with Gasteiger partial charge < -0.3 is 4.74 Å². The lowest BCUT2D eigenvalue weighted by Gasteiger charge is -2.06. The number of halogens is 2. The molecule has 0 spiro atoms. The first kappa shape index (κ1) is 18.4. The summed E-state index contributed by atoms with van der Waals surface area (Å²) >= 11 is 1.13. The number of hydrogen-bond donors (Lipinski definition) is 1. The molecule has 1 amide bonds. The van der Waals surface area contributed by atoms with Crippen LogP contribution in [-0.4, -0.2) is 22.4 Å². The Bertz CT molecular complexity index is 994. The van der Waals surface area contributed by atoms with Crippen LogP contribution in [0.3, 0.4) is 0 Å². The first-order valence-electron chi connectivity index (χ1n) is 7.49. The van der Waals surface area contributed by atoms with Crippen molar-refractivity contribution < 1.29 is 23.2 Å². The summed E-state index contributed by atoms with van der Waals surface area (Å²) in [6, 6.07) is 11.3. The highest BCUT2D eigenvalue weighted by Gasteiger charge is 2.13. The van der Waals surface area contributed by atoms with Crippen LogP contribution in [0, 0.1) is 10.1 Å². The molecule has 0 unspecified atom stereocenters. The number of amides is 1. The van der Waals surface area contributed by atoms with Crippen LogP contribution in [0.15, 0.2) is 53.9 Å². The number of anilines is 1. The highest BCUT2D eigenvalue weighted by atomic mass is 32.1. The second-order valence-corrected chi connectivity index (χ2v) is 6.06. The van der Waals surface area contributed by atoms with Gasteiger partial charge >= 0.3 is 6.61 Å². The molecular formula is C17H11F2N3O4S. The van der Waals surface area contributed by atoms with E-state index in [9.17, 15) is 23.7 Å². The van der Waals surface area contributed by atoms with Gasteiger partial charge in [0.2, 0.25) is 0 Å². The van der Waals surface area contributed by atoms with Gasteiger partial charge in [-0.3, -0.25) is 20.2 Å². The van der Waals surface area contributed by atoms with Gasteiger partial charge in [-0.05, 0) is 18.2 Å². The van der Waals surface area contributed by atoms with Crippen LogP contribution in [0.4, 0.5) is 19.6 Å². The standard InChI is InChI=1S/C17H11F2N3O4S/c18-16(19)26-13-6-2-4-11(8-13)15(23)21-17-20-14(9-27-17)10-3-1-5-12(7-10)22(24)25/h1-9,16H,(H,20,21,23). The molecule has 1 heterocycles. The molecule has 0 atom stereocenters. The monoisotopic (exact) mass is 391 g/mol. The summed E-state index contributed by atoms with van der Waals surface area (Å²) < 4.78 is 28.8. The number of nitro benzene ring substituents is 1. The first-order chi connectivity index (χ1) is 12.9. The lowest BCUT2D eigenvalue weighted by atomic mass is 10.1. The fourth-order valence-electron chi connectivity index (χ4n) is 2.23. The van der Waals surface area contributed by atoms with Crippen LogP contribution >= 0.6 is 11.3 Å². The molecule has 0 bridgehead atoms. The Morgan fingerprint density at radius 2 is 2.00 bits per heavy atom. The fraction of sp³-hybridized carbons (Fsp3) is 0.0588. The van der Waals surface area contributed by atoms with Crippen molar-refractivity contribution in [3.8, 4) is 17.0 Å². The van der Waals surface area contributed by atoms with Crippen molar-refractivity contribution in [1.82, 2.24) is 4.98 Å². The zero-order valence-corrected chi connectivity index (χ0v) is 14.3. The number of nitro groups is 1. The highest BCUT2D eigenvalue weighted by Crippen LogP contribution is 2.28. The van der Waals surface area contributed by atoms with E-state index in [1.165, 1.54) is 36.4 Å². The normalized spacial score (nSPS) is 10.6. The van der Waals surface area contributed by atoms with E-state index in [2.05, 4.69) is 15.0 Å². The lowest BCUT2D eigenvalue weighted by Crippen LogP contribution is -2.12.